The van der Waals surface area contributed by atoms with E-state index in [4.69, 9.17) is 22.1 Å². The van der Waals surface area contributed by atoms with Crippen LogP contribution in [-0.4, -0.2) is 38.5 Å². The molecule has 1 heterocycles. The second kappa shape index (κ2) is 5.89. The SMILES string of the molecule is Cc1cc(S(=O)(=O)N2CCCOC(C)C2)cc(N)c1Cl. The summed E-state index contributed by atoms with van der Waals surface area (Å²) in [5.41, 5.74) is 6.70. The topological polar surface area (TPSA) is 72.6 Å². The highest BCUT2D eigenvalue weighted by atomic mass is 35.5. The average molecular weight is 319 g/mol. The Morgan fingerprint density at radius 3 is 2.80 bits per heavy atom. The van der Waals surface area contributed by atoms with Crippen LogP contribution in [0.15, 0.2) is 17.0 Å². The van der Waals surface area contributed by atoms with Crippen LogP contribution in [0, 0.1) is 6.92 Å². The van der Waals surface area contributed by atoms with Crippen molar-refractivity contribution in [2.45, 2.75) is 31.3 Å². The van der Waals surface area contributed by atoms with Gasteiger partial charge in [0.1, 0.15) is 0 Å². The van der Waals surface area contributed by atoms with Gasteiger partial charge in [-0.3, -0.25) is 0 Å². The minimum atomic E-state index is -3.57. The van der Waals surface area contributed by atoms with Crippen molar-refractivity contribution in [3.05, 3.63) is 22.7 Å². The number of hydrogen-bond acceptors (Lipinski definition) is 4. The number of nitrogen functional groups attached to an aromatic ring is 1. The first-order valence-corrected chi connectivity index (χ1v) is 8.31. The van der Waals surface area contributed by atoms with Gasteiger partial charge < -0.3 is 10.5 Å². The molecule has 0 saturated carbocycles. The van der Waals surface area contributed by atoms with Crippen LogP contribution in [0.1, 0.15) is 18.9 Å². The third-order valence-corrected chi connectivity index (χ3v) is 5.67. The first kappa shape index (κ1) is 15.6. The van der Waals surface area contributed by atoms with Gasteiger partial charge >= 0.3 is 0 Å². The van der Waals surface area contributed by atoms with Gasteiger partial charge in [0.25, 0.3) is 0 Å². The lowest BCUT2D eigenvalue weighted by Gasteiger charge is -2.22. The molecule has 0 aliphatic carbocycles. The van der Waals surface area contributed by atoms with Crippen LogP contribution in [0.4, 0.5) is 5.69 Å². The van der Waals surface area contributed by atoms with Crippen molar-refractivity contribution in [3.63, 3.8) is 0 Å². The van der Waals surface area contributed by atoms with Crippen molar-refractivity contribution in [3.8, 4) is 0 Å². The zero-order valence-electron chi connectivity index (χ0n) is 11.6. The number of aryl methyl sites for hydroxylation is 1. The number of hydrogen-bond donors (Lipinski definition) is 1. The summed E-state index contributed by atoms with van der Waals surface area (Å²) in [4.78, 5) is 0.186. The minimum Gasteiger partial charge on any atom is -0.397 e. The van der Waals surface area contributed by atoms with Crippen LogP contribution in [0.25, 0.3) is 0 Å². The lowest BCUT2D eigenvalue weighted by atomic mass is 10.2. The standard InChI is InChI=1S/C13H19ClN2O3S/c1-9-6-11(7-12(15)13(9)14)20(17,18)16-4-3-5-19-10(2)8-16/h6-7,10H,3-5,8,15H2,1-2H3. The normalized spacial score (nSPS) is 21.6. The molecule has 1 fully saturated rings. The van der Waals surface area contributed by atoms with E-state index in [2.05, 4.69) is 0 Å². The van der Waals surface area contributed by atoms with Gasteiger partial charge in [0, 0.05) is 19.7 Å². The Hall–Kier alpha value is -0.820. The molecule has 2 N–H and O–H groups in total. The Labute approximate surface area is 124 Å². The lowest BCUT2D eigenvalue weighted by Crippen LogP contribution is -2.36. The lowest BCUT2D eigenvalue weighted by molar-refractivity contribution is 0.0752. The Kier molecular flexibility index (Phi) is 4.59. The molecule has 5 nitrogen and oxygen atoms in total. The van der Waals surface area contributed by atoms with E-state index in [0.717, 1.165) is 0 Å². The highest BCUT2D eigenvalue weighted by molar-refractivity contribution is 7.89. The molecule has 20 heavy (non-hydrogen) atoms. The molecule has 1 aromatic rings. The number of nitrogens with two attached hydrogens (primary N) is 1. The summed E-state index contributed by atoms with van der Waals surface area (Å²) in [6.45, 7) is 4.99. The van der Waals surface area contributed by atoms with E-state index in [1.807, 2.05) is 6.92 Å². The summed E-state index contributed by atoms with van der Waals surface area (Å²) >= 11 is 5.98. The third-order valence-electron chi connectivity index (χ3n) is 3.31. The Bertz CT molecular complexity index is 581. The smallest absolute Gasteiger partial charge is 0.243 e. The van der Waals surface area contributed by atoms with Crippen LogP contribution in [0.2, 0.25) is 5.02 Å². The first-order chi connectivity index (χ1) is 9.32. The molecule has 0 amide bonds. The quantitative estimate of drug-likeness (QED) is 0.847. The van der Waals surface area contributed by atoms with Gasteiger partial charge in [-0.25, -0.2) is 8.42 Å². The Morgan fingerprint density at radius 2 is 2.15 bits per heavy atom. The second-order valence-corrected chi connectivity index (χ2v) is 7.36. The van der Waals surface area contributed by atoms with Crippen molar-refractivity contribution in [2.24, 2.45) is 0 Å². The molecule has 1 aliphatic heterocycles. The van der Waals surface area contributed by atoms with Gasteiger partial charge in [-0.1, -0.05) is 11.6 Å². The molecule has 1 saturated heterocycles. The average Bonchev–Trinajstić information content (AvgIpc) is 2.60. The fourth-order valence-electron chi connectivity index (χ4n) is 2.24. The fourth-order valence-corrected chi connectivity index (χ4v) is 4.02. The van der Waals surface area contributed by atoms with Crippen LogP contribution in [0.5, 0.6) is 0 Å². The number of sulfonamides is 1. The van der Waals surface area contributed by atoms with Crippen LogP contribution >= 0.6 is 11.6 Å². The zero-order valence-corrected chi connectivity index (χ0v) is 13.2. The van der Waals surface area contributed by atoms with E-state index < -0.39 is 10.0 Å². The molecule has 112 valence electrons. The van der Waals surface area contributed by atoms with E-state index >= 15 is 0 Å². The summed E-state index contributed by atoms with van der Waals surface area (Å²) < 4.78 is 32.3. The molecule has 1 atom stereocenters. The highest BCUT2D eigenvalue weighted by Gasteiger charge is 2.28. The summed E-state index contributed by atoms with van der Waals surface area (Å²) in [5, 5.41) is 0.400. The van der Waals surface area contributed by atoms with Gasteiger partial charge in [-0.15, -0.1) is 0 Å². The van der Waals surface area contributed by atoms with E-state index in [9.17, 15) is 8.42 Å². The number of rotatable bonds is 2. The molecule has 0 bridgehead atoms. The van der Waals surface area contributed by atoms with Gasteiger partial charge in [0.2, 0.25) is 10.0 Å². The Morgan fingerprint density at radius 1 is 1.45 bits per heavy atom. The van der Waals surface area contributed by atoms with E-state index in [0.29, 0.717) is 36.7 Å². The maximum Gasteiger partial charge on any atom is 0.243 e. The molecule has 0 spiro atoms. The molecule has 0 aromatic heterocycles. The largest absolute Gasteiger partial charge is 0.397 e. The molecule has 1 aromatic carbocycles. The summed E-state index contributed by atoms with van der Waals surface area (Å²) in [6, 6.07) is 2.98. The van der Waals surface area contributed by atoms with Crippen molar-refractivity contribution < 1.29 is 13.2 Å². The third kappa shape index (κ3) is 3.09. The molecule has 1 aliphatic rings. The second-order valence-electron chi connectivity index (χ2n) is 5.04. The Balaban J connectivity index is 2.39. The molecule has 0 radical (unpaired) electrons. The van der Waals surface area contributed by atoms with E-state index in [1.54, 1.807) is 13.0 Å². The molecule has 1 unspecified atom stereocenters. The maximum absolute atomic E-state index is 12.7. The highest BCUT2D eigenvalue weighted by Crippen LogP contribution is 2.29. The van der Waals surface area contributed by atoms with Gasteiger partial charge in [-0.2, -0.15) is 4.31 Å². The van der Waals surface area contributed by atoms with Gasteiger partial charge in [0.05, 0.1) is 21.7 Å². The van der Waals surface area contributed by atoms with Crippen molar-refractivity contribution in [2.75, 3.05) is 25.4 Å². The minimum absolute atomic E-state index is 0.113. The van der Waals surface area contributed by atoms with Crippen LogP contribution in [-0.2, 0) is 14.8 Å². The molecular weight excluding hydrogens is 300 g/mol. The van der Waals surface area contributed by atoms with Crippen LogP contribution in [0.3, 0.4) is 0 Å². The predicted molar refractivity (Wildman–Crippen MR) is 79.4 cm³/mol. The van der Waals surface area contributed by atoms with Crippen molar-refractivity contribution in [1.29, 1.82) is 0 Å². The number of halogens is 1. The number of ether oxygens (including phenoxy) is 1. The van der Waals surface area contributed by atoms with E-state index in [1.165, 1.54) is 10.4 Å². The zero-order chi connectivity index (χ0) is 14.9. The summed E-state index contributed by atoms with van der Waals surface area (Å²) in [5.74, 6) is 0. The molecule has 2 rings (SSSR count). The number of nitrogens with zero attached hydrogens (tertiary/aromatic N) is 1. The van der Waals surface area contributed by atoms with Crippen molar-refractivity contribution in [1.82, 2.24) is 4.31 Å². The maximum atomic E-state index is 12.7. The summed E-state index contributed by atoms with van der Waals surface area (Å²) in [7, 11) is -3.57. The fraction of sp³-hybridized carbons (Fsp3) is 0.538. The van der Waals surface area contributed by atoms with Gasteiger partial charge in [-0.05, 0) is 38.0 Å². The first-order valence-electron chi connectivity index (χ1n) is 6.49. The van der Waals surface area contributed by atoms with Crippen molar-refractivity contribution >= 4 is 27.3 Å². The van der Waals surface area contributed by atoms with Gasteiger partial charge in [0.15, 0.2) is 0 Å². The number of anilines is 1. The van der Waals surface area contributed by atoms with Crippen LogP contribution < -0.4 is 5.73 Å². The number of benzene rings is 1. The van der Waals surface area contributed by atoms with E-state index in [-0.39, 0.29) is 16.7 Å². The summed E-state index contributed by atoms with van der Waals surface area (Å²) in [6.07, 6.45) is 0.573. The molecular formula is C13H19ClN2O3S. The molecule has 7 heteroatoms. The monoisotopic (exact) mass is 318 g/mol. The predicted octanol–water partition coefficient (Wildman–Crippen LogP) is 2.03.